The maximum absolute atomic E-state index is 3.53. The van der Waals surface area contributed by atoms with E-state index in [9.17, 15) is 0 Å². The monoisotopic (exact) mass is 227 g/mol. The number of hydrogen-bond acceptors (Lipinski definition) is 3. The lowest BCUT2D eigenvalue weighted by molar-refractivity contribution is 0.0818. The standard InChI is InChI=1S/C13H29N3/c1-12-11-14-8-7-13(2,3)16(12)10-6-9-15(4)5/h12,14H,6-11H2,1-5H3. The van der Waals surface area contributed by atoms with Crippen LogP contribution in [0.1, 0.15) is 33.6 Å². The minimum atomic E-state index is 0.342. The molecule has 1 aliphatic rings. The number of nitrogens with one attached hydrogen (secondary N) is 1. The van der Waals surface area contributed by atoms with E-state index >= 15 is 0 Å². The molecule has 0 aromatic carbocycles. The Bertz CT molecular complexity index is 201. The van der Waals surface area contributed by atoms with Crippen molar-refractivity contribution in [3.63, 3.8) is 0 Å². The minimum absolute atomic E-state index is 0.342. The topological polar surface area (TPSA) is 18.5 Å². The molecule has 3 heteroatoms. The molecule has 1 aliphatic heterocycles. The Morgan fingerprint density at radius 1 is 1.38 bits per heavy atom. The average Bonchev–Trinajstić information content (AvgIpc) is 2.28. The predicted molar refractivity (Wildman–Crippen MR) is 70.9 cm³/mol. The van der Waals surface area contributed by atoms with Gasteiger partial charge in [0.15, 0.2) is 0 Å². The van der Waals surface area contributed by atoms with Crippen LogP contribution in [0.4, 0.5) is 0 Å². The third-order valence-corrected chi connectivity index (χ3v) is 3.67. The normalized spacial score (nSPS) is 27.0. The third kappa shape index (κ3) is 4.04. The summed E-state index contributed by atoms with van der Waals surface area (Å²) in [6.07, 6.45) is 2.51. The van der Waals surface area contributed by atoms with Crippen molar-refractivity contribution in [1.82, 2.24) is 15.1 Å². The molecule has 1 N–H and O–H groups in total. The zero-order valence-electron chi connectivity index (χ0n) is 11.7. The number of hydrogen-bond donors (Lipinski definition) is 1. The molecule has 1 rings (SSSR count). The van der Waals surface area contributed by atoms with E-state index in [0.717, 1.165) is 13.1 Å². The molecule has 0 aliphatic carbocycles. The average molecular weight is 227 g/mol. The third-order valence-electron chi connectivity index (χ3n) is 3.67. The summed E-state index contributed by atoms with van der Waals surface area (Å²) >= 11 is 0. The van der Waals surface area contributed by atoms with E-state index in [0.29, 0.717) is 11.6 Å². The van der Waals surface area contributed by atoms with E-state index in [-0.39, 0.29) is 0 Å². The molecule has 1 unspecified atom stereocenters. The smallest absolute Gasteiger partial charge is 0.0197 e. The summed E-state index contributed by atoms with van der Waals surface area (Å²) in [6.45, 7) is 11.8. The molecule has 1 fully saturated rings. The van der Waals surface area contributed by atoms with Crippen molar-refractivity contribution >= 4 is 0 Å². The van der Waals surface area contributed by atoms with E-state index in [4.69, 9.17) is 0 Å². The molecule has 0 aromatic rings. The minimum Gasteiger partial charge on any atom is -0.315 e. The molecule has 0 amide bonds. The van der Waals surface area contributed by atoms with E-state index in [1.54, 1.807) is 0 Å². The summed E-state index contributed by atoms with van der Waals surface area (Å²) in [4.78, 5) is 4.95. The van der Waals surface area contributed by atoms with Crippen LogP contribution in [-0.4, -0.2) is 61.7 Å². The summed E-state index contributed by atoms with van der Waals surface area (Å²) in [5, 5.41) is 3.53. The van der Waals surface area contributed by atoms with Crippen molar-refractivity contribution in [2.75, 3.05) is 40.3 Å². The lowest BCUT2D eigenvalue weighted by Gasteiger charge is -2.41. The molecule has 16 heavy (non-hydrogen) atoms. The van der Waals surface area contributed by atoms with Gasteiger partial charge in [-0.2, -0.15) is 0 Å². The van der Waals surface area contributed by atoms with E-state index in [1.165, 1.54) is 25.9 Å². The van der Waals surface area contributed by atoms with Gasteiger partial charge in [-0.3, -0.25) is 4.90 Å². The molecule has 1 atom stereocenters. The van der Waals surface area contributed by atoms with E-state index in [2.05, 4.69) is 50.0 Å². The van der Waals surface area contributed by atoms with Crippen LogP contribution in [0.2, 0.25) is 0 Å². The van der Waals surface area contributed by atoms with Crippen molar-refractivity contribution < 1.29 is 0 Å². The van der Waals surface area contributed by atoms with Gasteiger partial charge in [0.05, 0.1) is 0 Å². The Morgan fingerprint density at radius 3 is 2.69 bits per heavy atom. The summed E-state index contributed by atoms with van der Waals surface area (Å²) < 4.78 is 0. The van der Waals surface area contributed by atoms with Crippen LogP contribution < -0.4 is 5.32 Å². The molecule has 3 nitrogen and oxygen atoms in total. The second-order valence-corrected chi connectivity index (χ2v) is 5.97. The lowest BCUT2D eigenvalue weighted by Crippen LogP contribution is -2.50. The van der Waals surface area contributed by atoms with Crippen molar-refractivity contribution in [2.24, 2.45) is 0 Å². The van der Waals surface area contributed by atoms with Gasteiger partial charge < -0.3 is 10.2 Å². The fourth-order valence-electron chi connectivity index (χ4n) is 2.64. The molecule has 0 radical (unpaired) electrons. The highest BCUT2D eigenvalue weighted by Crippen LogP contribution is 2.23. The maximum Gasteiger partial charge on any atom is 0.0197 e. The summed E-state index contributed by atoms with van der Waals surface area (Å²) in [5.74, 6) is 0. The largest absolute Gasteiger partial charge is 0.315 e. The van der Waals surface area contributed by atoms with Gasteiger partial charge in [0, 0.05) is 24.7 Å². The molecule has 1 heterocycles. The molecule has 0 aromatic heterocycles. The van der Waals surface area contributed by atoms with E-state index < -0.39 is 0 Å². The Morgan fingerprint density at radius 2 is 2.06 bits per heavy atom. The van der Waals surface area contributed by atoms with Gasteiger partial charge >= 0.3 is 0 Å². The first-order valence-corrected chi connectivity index (χ1v) is 6.55. The van der Waals surface area contributed by atoms with Crippen molar-refractivity contribution in [1.29, 1.82) is 0 Å². The van der Waals surface area contributed by atoms with Gasteiger partial charge in [-0.05, 0) is 60.8 Å². The van der Waals surface area contributed by atoms with Crippen LogP contribution in [-0.2, 0) is 0 Å². The van der Waals surface area contributed by atoms with Crippen molar-refractivity contribution in [3.8, 4) is 0 Å². The van der Waals surface area contributed by atoms with Crippen LogP contribution in [0.5, 0.6) is 0 Å². The predicted octanol–water partition coefficient (Wildman–Crippen LogP) is 1.40. The Labute approximate surface area is 101 Å². The first kappa shape index (κ1) is 13.9. The van der Waals surface area contributed by atoms with Crippen LogP contribution in [0.15, 0.2) is 0 Å². The summed E-state index contributed by atoms with van der Waals surface area (Å²) in [5.41, 5.74) is 0.342. The molecule has 0 spiro atoms. The second kappa shape index (κ2) is 5.99. The highest BCUT2D eigenvalue weighted by Gasteiger charge is 2.31. The van der Waals surface area contributed by atoms with Gasteiger partial charge in [0.1, 0.15) is 0 Å². The molecular weight excluding hydrogens is 198 g/mol. The van der Waals surface area contributed by atoms with E-state index in [1.807, 2.05) is 0 Å². The highest BCUT2D eigenvalue weighted by molar-refractivity contribution is 4.89. The molecular formula is C13H29N3. The zero-order valence-corrected chi connectivity index (χ0v) is 11.7. The first-order valence-electron chi connectivity index (χ1n) is 6.55. The van der Waals surface area contributed by atoms with Gasteiger partial charge in [0.25, 0.3) is 0 Å². The van der Waals surface area contributed by atoms with Crippen molar-refractivity contribution in [3.05, 3.63) is 0 Å². The fourth-order valence-corrected chi connectivity index (χ4v) is 2.64. The highest BCUT2D eigenvalue weighted by atomic mass is 15.2. The summed E-state index contributed by atoms with van der Waals surface area (Å²) in [7, 11) is 4.30. The SMILES string of the molecule is CC1CNCCC(C)(C)N1CCCN(C)C. The van der Waals surface area contributed by atoms with Crippen molar-refractivity contribution in [2.45, 2.75) is 45.2 Å². The molecule has 0 saturated carbocycles. The fraction of sp³-hybridized carbons (Fsp3) is 1.00. The molecule has 96 valence electrons. The molecule has 0 bridgehead atoms. The Hall–Kier alpha value is -0.120. The lowest BCUT2D eigenvalue weighted by atomic mass is 9.97. The zero-order chi connectivity index (χ0) is 12.2. The number of rotatable bonds is 4. The van der Waals surface area contributed by atoms with Gasteiger partial charge in [-0.25, -0.2) is 0 Å². The first-order chi connectivity index (χ1) is 7.43. The van der Waals surface area contributed by atoms with Gasteiger partial charge in [-0.15, -0.1) is 0 Å². The van der Waals surface area contributed by atoms with Crippen LogP contribution in [0, 0.1) is 0 Å². The molecule has 1 saturated heterocycles. The van der Waals surface area contributed by atoms with Crippen LogP contribution in [0.3, 0.4) is 0 Å². The summed E-state index contributed by atoms with van der Waals surface area (Å²) in [6, 6.07) is 0.652. The Kier molecular flexibility index (Phi) is 5.22. The quantitative estimate of drug-likeness (QED) is 0.783. The maximum atomic E-state index is 3.53. The second-order valence-electron chi connectivity index (χ2n) is 5.97. The van der Waals surface area contributed by atoms with Crippen LogP contribution >= 0.6 is 0 Å². The van der Waals surface area contributed by atoms with Gasteiger partial charge in [0.2, 0.25) is 0 Å². The van der Waals surface area contributed by atoms with Gasteiger partial charge in [-0.1, -0.05) is 0 Å². The van der Waals surface area contributed by atoms with Crippen LogP contribution in [0.25, 0.3) is 0 Å². The Balaban J connectivity index is 2.50. The number of nitrogens with zero attached hydrogens (tertiary/aromatic N) is 2.